The van der Waals surface area contributed by atoms with Crippen LogP contribution < -0.4 is 4.90 Å². The summed E-state index contributed by atoms with van der Waals surface area (Å²) in [5, 5.41) is 11.2. The van der Waals surface area contributed by atoms with E-state index in [4.69, 9.17) is 16.3 Å². The molecule has 1 unspecified atom stereocenters. The van der Waals surface area contributed by atoms with E-state index in [-0.39, 0.29) is 18.4 Å². The van der Waals surface area contributed by atoms with Gasteiger partial charge in [-0.2, -0.15) is 0 Å². The largest absolute Gasteiger partial charge is 0.394 e. The number of carbonyl (C=O) groups is 3. The SMILES string of the molecule is CC[C@@]12C=CCN(Cc3ccccc3)C(=O)[C@@H]1[C@H]1C(=O)N([C@H](CO)c3ccccc3)C3C(=O)N(c4ccccc4Cl)CC=C[C@@]31O2. The fourth-order valence-corrected chi connectivity index (χ4v) is 8.19. The Bertz CT molecular complexity index is 1710. The molecule has 236 valence electrons. The Morgan fingerprint density at radius 1 is 0.848 bits per heavy atom. The van der Waals surface area contributed by atoms with Crippen molar-refractivity contribution < 1.29 is 24.2 Å². The molecule has 3 aromatic carbocycles. The lowest BCUT2D eigenvalue weighted by Gasteiger charge is -2.41. The van der Waals surface area contributed by atoms with Crippen molar-refractivity contribution in [2.45, 2.75) is 43.2 Å². The number of ether oxygens (including phenoxy) is 1. The Morgan fingerprint density at radius 2 is 1.52 bits per heavy atom. The third kappa shape index (κ3) is 4.62. The first-order chi connectivity index (χ1) is 22.3. The van der Waals surface area contributed by atoms with Gasteiger partial charge in [-0.25, -0.2) is 0 Å². The topological polar surface area (TPSA) is 90.4 Å². The third-order valence-corrected chi connectivity index (χ3v) is 10.3. The van der Waals surface area contributed by atoms with Crippen LogP contribution in [0.3, 0.4) is 0 Å². The highest BCUT2D eigenvalue weighted by Crippen LogP contribution is 2.60. The molecule has 1 N–H and O–H groups in total. The minimum Gasteiger partial charge on any atom is -0.394 e. The molecule has 2 fully saturated rings. The summed E-state index contributed by atoms with van der Waals surface area (Å²) in [6, 6.07) is 24.0. The van der Waals surface area contributed by atoms with E-state index >= 15 is 4.79 Å². The molecule has 0 saturated carbocycles. The standard InChI is InChI=1S/C37H36ClN3O5/c1-2-36-19-11-21-39(23-25-13-5-3-6-14-25)33(43)30(36)31-34(44)41(29(24-42)26-15-7-4-8-16-26)32-35(45)40(22-12-20-37(31,32)46-36)28-18-10-9-17-27(28)38/h3-20,29-32,42H,2,21-24H2,1H3/t29-,30+,31+,32?,36-,37+/m1/s1. The second-order valence-electron chi connectivity index (χ2n) is 12.4. The molecule has 3 amide bonds. The molecule has 3 aromatic rings. The highest BCUT2D eigenvalue weighted by Gasteiger charge is 2.76. The summed E-state index contributed by atoms with van der Waals surface area (Å²) in [6.45, 7) is 2.47. The minimum atomic E-state index is -1.47. The van der Waals surface area contributed by atoms with Crippen LogP contribution in [0.4, 0.5) is 5.69 Å². The first-order valence-corrected chi connectivity index (χ1v) is 16.1. The maximum absolute atomic E-state index is 15.0. The summed E-state index contributed by atoms with van der Waals surface area (Å²) in [7, 11) is 0. The van der Waals surface area contributed by atoms with Crippen molar-refractivity contribution in [1.29, 1.82) is 0 Å². The molecule has 6 atom stereocenters. The summed E-state index contributed by atoms with van der Waals surface area (Å²) < 4.78 is 7.12. The number of likely N-dealkylation sites (tertiary alicyclic amines) is 1. The number of para-hydroxylation sites is 1. The summed E-state index contributed by atoms with van der Waals surface area (Å²) in [4.78, 5) is 49.5. The van der Waals surface area contributed by atoms with Crippen molar-refractivity contribution in [1.82, 2.24) is 9.80 Å². The van der Waals surface area contributed by atoms with Gasteiger partial charge in [-0.3, -0.25) is 14.4 Å². The molecule has 0 aliphatic carbocycles. The van der Waals surface area contributed by atoms with Crippen LogP contribution in [-0.2, 0) is 25.7 Å². The van der Waals surface area contributed by atoms with E-state index in [1.807, 2.05) is 91.9 Å². The molecule has 1 spiro atoms. The number of hydrogen-bond donors (Lipinski definition) is 1. The number of amides is 3. The van der Waals surface area contributed by atoms with Crippen LogP contribution in [0, 0.1) is 11.8 Å². The number of carbonyl (C=O) groups excluding carboxylic acids is 3. The average molecular weight is 638 g/mol. The number of aliphatic hydroxyl groups excluding tert-OH is 1. The minimum absolute atomic E-state index is 0.195. The molecule has 7 rings (SSSR count). The summed E-state index contributed by atoms with van der Waals surface area (Å²) >= 11 is 6.61. The molecule has 0 radical (unpaired) electrons. The predicted molar refractivity (Wildman–Crippen MR) is 175 cm³/mol. The molecule has 2 saturated heterocycles. The van der Waals surface area contributed by atoms with Gasteiger partial charge in [-0.1, -0.05) is 116 Å². The molecule has 0 aromatic heterocycles. The van der Waals surface area contributed by atoms with Crippen LogP contribution in [0.1, 0.15) is 30.5 Å². The average Bonchev–Trinajstić information content (AvgIpc) is 3.37. The highest BCUT2D eigenvalue weighted by atomic mass is 35.5. The van der Waals surface area contributed by atoms with E-state index in [2.05, 4.69) is 0 Å². The quantitative estimate of drug-likeness (QED) is 0.371. The van der Waals surface area contributed by atoms with Gasteiger partial charge in [0.1, 0.15) is 11.6 Å². The molecule has 4 aliphatic rings. The molecular weight excluding hydrogens is 602 g/mol. The van der Waals surface area contributed by atoms with Crippen molar-refractivity contribution >= 4 is 35.0 Å². The zero-order valence-corrected chi connectivity index (χ0v) is 26.3. The number of aliphatic hydroxyl groups is 1. The van der Waals surface area contributed by atoms with E-state index in [0.29, 0.717) is 35.8 Å². The van der Waals surface area contributed by atoms with Gasteiger partial charge in [0.25, 0.3) is 5.91 Å². The lowest BCUT2D eigenvalue weighted by molar-refractivity contribution is -0.153. The summed E-state index contributed by atoms with van der Waals surface area (Å²) in [5.41, 5.74) is -0.419. The number of hydrogen-bond acceptors (Lipinski definition) is 5. The second kappa shape index (κ2) is 11.8. The smallest absolute Gasteiger partial charge is 0.253 e. The number of benzene rings is 3. The fourth-order valence-electron chi connectivity index (χ4n) is 7.95. The number of rotatable bonds is 7. The van der Waals surface area contributed by atoms with Crippen LogP contribution in [0.15, 0.2) is 109 Å². The number of nitrogens with zero attached hydrogens (tertiary/aromatic N) is 3. The van der Waals surface area contributed by atoms with Gasteiger partial charge in [0.2, 0.25) is 11.8 Å². The van der Waals surface area contributed by atoms with E-state index in [0.717, 1.165) is 5.56 Å². The van der Waals surface area contributed by atoms with Crippen LogP contribution in [0.5, 0.6) is 0 Å². The van der Waals surface area contributed by atoms with Crippen molar-refractivity contribution in [3.63, 3.8) is 0 Å². The Labute approximate surface area is 273 Å². The summed E-state index contributed by atoms with van der Waals surface area (Å²) in [5.74, 6) is -2.87. The van der Waals surface area contributed by atoms with Gasteiger partial charge in [-0.05, 0) is 29.7 Å². The number of fused-ring (bicyclic) bond motifs is 2. The van der Waals surface area contributed by atoms with E-state index in [9.17, 15) is 14.7 Å². The highest BCUT2D eigenvalue weighted by molar-refractivity contribution is 6.34. The zero-order valence-electron chi connectivity index (χ0n) is 25.5. The monoisotopic (exact) mass is 637 g/mol. The Kier molecular flexibility index (Phi) is 7.83. The molecule has 4 aliphatic heterocycles. The Morgan fingerprint density at radius 3 is 2.22 bits per heavy atom. The van der Waals surface area contributed by atoms with Gasteiger partial charge >= 0.3 is 0 Å². The Balaban J connectivity index is 1.39. The molecule has 8 nitrogen and oxygen atoms in total. The zero-order chi connectivity index (χ0) is 32.1. The van der Waals surface area contributed by atoms with Gasteiger partial charge < -0.3 is 24.5 Å². The first-order valence-electron chi connectivity index (χ1n) is 15.8. The van der Waals surface area contributed by atoms with E-state index in [1.54, 1.807) is 34.1 Å². The van der Waals surface area contributed by atoms with Crippen LogP contribution in [0.2, 0.25) is 5.02 Å². The molecule has 9 heteroatoms. The van der Waals surface area contributed by atoms with E-state index in [1.165, 1.54) is 4.90 Å². The van der Waals surface area contributed by atoms with E-state index < -0.39 is 47.6 Å². The fraction of sp³-hybridized carbons (Fsp3) is 0.324. The van der Waals surface area contributed by atoms with Crippen molar-refractivity contribution in [2.24, 2.45) is 11.8 Å². The van der Waals surface area contributed by atoms with Crippen LogP contribution in [-0.4, -0.2) is 69.6 Å². The lowest BCUT2D eigenvalue weighted by atomic mass is 9.73. The van der Waals surface area contributed by atoms with Crippen LogP contribution >= 0.6 is 11.6 Å². The maximum Gasteiger partial charge on any atom is 0.253 e. The number of anilines is 1. The van der Waals surface area contributed by atoms with Gasteiger partial charge in [0.05, 0.1) is 40.8 Å². The van der Waals surface area contributed by atoms with Crippen molar-refractivity contribution in [2.75, 3.05) is 24.6 Å². The van der Waals surface area contributed by atoms with Crippen LogP contribution in [0.25, 0.3) is 0 Å². The lowest BCUT2D eigenvalue weighted by Crippen LogP contribution is -2.57. The molecule has 4 heterocycles. The number of halogens is 1. The van der Waals surface area contributed by atoms with Gasteiger partial charge in [0, 0.05) is 19.6 Å². The van der Waals surface area contributed by atoms with Crippen molar-refractivity contribution in [3.8, 4) is 0 Å². The first kappa shape index (κ1) is 30.4. The predicted octanol–water partition coefficient (Wildman–Crippen LogP) is 4.94. The molecule has 0 bridgehead atoms. The third-order valence-electron chi connectivity index (χ3n) is 10.0. The second-order valence-corrected chi connectivity index (χ2v) is 12.8. The molecule has 46 heavy (non-hydrogen) atoms. The Hall–Kier alpha value is -4.24. The van der Waals surface area contributed by atoms with Gasteiger partial charge in [-0.15, -0.1) is 0 Å². The maximum atomic E-state index is 15.0. The molecular formula is C37H36ClN3O5. The summed E-state index contributed by atoms with van der Waals surface area (Å²) in [6.07, 6.45) is 7.96. The normalized spacial score (nSPS) is 29.3. The van der Waals surface area contributed by atoms with Gasteiger partial charge in [0.15, 0.2) is 0 Å². The van der Waals surface area contributed by atoms with Crippen molar-refractivity contribution in [3.05, 3.63) is 125 Å².